The maximum absolute atomic E-state index is 10.0. The number of hydrogen-bond donors (Lipinski definition) is 1. The molecule has 0 saturated heterocycles. The van der Waals surface area contributed by atoms with Gasteiger partial charge in [-0.3, -0.25) is 0 Å². The van der Waals surface area contributed by atoms with E-state index in [1.807, 2.05) is 0 Å². The van der Waals surface area contributed by atoms with Gasteiger partial charge in [-0.05, 0) is 37.1 Å². The molecule has 96 valence electrons. The van der Waals surface area contributed by atoms with Crippen molar-refractivity contribution in [1.29, 1.82) is 0 Å². The molecule has 2 nitrogen and oxygen atoms in total. The predicted octanol–water partition coefficient (Wildman–Crippen LogP) is 2.91. The lowest BCUT2D eigenvalue weighted by Crippen LogP contribution is -2.36. The largest absolute Gasteiger partial charge is 0.393 e. The smallest absolute Gasteiger partial charge is 0.0600 e. The molecule has 0 aromatic rings. The highest BCUT2D eigenvalue weighted by Crippen LogP contribution is 2.27. The van der Waals surface area contributed by atoms with Crippen molar-refractivity contribution in [3.8, 4) is 0 Å². The van der Waals surface area contributed by atoms with E-state index < -0.39 is 0 Å². The highest BCUT2D eigenvalue weighted by atomic mass is 16.3. The van der Waals surface area contributed by atoms with E-state index in [0.29, 0.717) is 0 Å². The summed E-state index contributed by atoms with van der Waals surface area (Å²) in [6.45, 7) is 12.0. The van der Waals surface area contributed by atoms with E-state index in [1.165, 1.54) is 25.8 Å². The van der Waals surface area contributed by atoms with Crippen LogP contribution in [0, 0.1) is 11.3 Å². The molecule has 1 saturated carbocycles. The van der Waals surface area contributed by atoms with Crippen molar-refractivity contribution >= 4 is 0 Å². The van der Waals surface area contributed by atoms with E-state index in [2.05, 4.69) is 32.6 Å². The Kier molecular flexibility index (Phi) is 5.26. The quantitative estimate of drug-likeness (QED) is 0.754. The third-order valence-corrected chi connectivity index (χ3v) is 3.91. The highest BCUT2D eigenvalue weighted by molar-refractivity contribution is 4.77. The number of hydrogen-bond acceptors (Lipinski definition) is 2. The molecule has 1 fully saturated rings. The lowest BCUT2D eigenvalue weighted by molar-refractivity contribution is 0.0428. The first-order valence-electron chi connectivity index (χ1n) is 6.84. The van der Waals surface area contributed by atoms with Crippen LogP contribution in [-0.4, -0.2) is 35.7 Å². The zero-order valence-corrected chi connectivity index (χ0v) is 11.5. The Morgan fingerprint density at radius 1 is 1.31 bits per heavy atom. The lowest BCUT2D eigenvalue weighted by Gasteiger charge is -2.33. The molecule has 1 aliphatic rings. The van der Waals surface area contributed by atoms with Gasteiger partial charge >= 0.3 is 0 Å². The number of aliphatic hydroxyl groups excluding tert-OH is 1. The van der Waals surface area contributed by atoms with Gasteiger partial charge in [-0.2, -0.15) is 0 Å². The summed E-state index contributed by atoms with van der Waals surface area (Å²) in [4.78, 5) is 2.50. The molecule has 0 spiro atoms. The van der Waals surface area contributed by atoms with Gasteiger partial charge in [-0.25, -0.2) is 0 Å². The van der Waals surface area contributed by atoms with Gasteiger partial charge in [0.1, 0.15) is 0 Å². The summed E-state index contributed by atoms with van der Waals surface area (Å²) in [7, 11) is 0. The second-order valence-corrected chi connectivity index (χ2v) is 6.36. The Morgan fingerprint density at radius 2 is 1.94 bits per heavy atom. The van der Waals surface area contributed by atoms with Crippen LogP contribution in [-0.2, 0) is 0 Å². The molecule has 0 aromatic heterocycles. The van der Waals surface area contributed by atoms with E-state index in [0.717, 1.165) is 25.4 Å². The Hall–Kier alpha value is -0.0800. The molecule has 1 unspecified atom stereocenters. The maximum atomic E-state index is 10.0. The standard InChI is InChI=1S/C14H29NO/c1-5-15(11-12-7-6-8-12)10-9-13(16)14(2,3)4/h12-13,16H,5-11H2,1-4H3. The molecule has 0 bridgehead atoms. The van der Waals surface area contributed by atoms with Gasteiger partial charge in [0.05, 0.1) is 6.10 Å². The minimum Gasteiger partial charge on any atom is -0.393 e. The average Bonchev–Trinajstić information content (AvgIpc) is 2.13. The summed E-state index contributed by atoms with van der Waals surface area (Å²) in [5, 5.41) is 10.0. The number of rotatable bonds is 6. The summed E-state index contributed by atoms with van der Waals surface area (Å²) in [5.74, 6) is 0.937. The SMILES string of the molecule is CCN(CCC(O)C(C)(C)C)CC1CCC1. The molecule has 1 rings (SSSR count). The summed E-state index contributed by atoms with van der Waals surface area (Å²) in [6, 6.07) is 0. The van der Waals surface area contributed by atoms with Crippen molar-refractivity contribution in [2.45, 2.75) is 59.5 Å². The van der Waals surface area contributed by atoms with Gasteiger partial charge in [0.25, 0.3) is 0 Å². The van der Waals surface area contributed by atoms with E-state index in [9.17, 15) is 5.11 Å². The lowest BCUT2D eigenvalue weighted by atomic mass is 9.84. The molecule has 0 aliphatic heterocycles. The molecule has 0 heterocycles. The van der Waals surface area contributed by atoms with Crippen LogP contribution in [0.25, 0.3) is 0 Å². The van der Waals surface area contributed by atoms with Crippen LogP contribution in [0.4, 0.5) is 0 Å². The first kappa shape index (κ1) is 14.0. The summed E-state index contributed by atoms with van der Waals surface area (Å²) in [5.41, 5.74) is 0.0237. The van der Waals surface area contributed by atoms with Gasteiger partial charge in [-0.15, -0.1) is 0 Å². The minimum absolute atomic E-state index is 0.0237. The van der Waals surface area contributed by atoms with E-state index in [4.69, 9.17) is 0 Å². The van der Waals surface area contributed by atoms with Gasteiger partial charge in [0, 0.05) is 13.1 Å². The normalized spacial score (nSPS) is 19.9. The van der Waals surface area contributed by atoms with Gasteiger partial charge in [0.2, 0.25) is 0 Å². The van der Waals surface area contributed by atoms with Crippen molar-refractivity contribution < 1.29 is 5.11 Å². The fourth-order valence-corrected chi connectivity index (χ4v) is 2.16. The topological polar surface area (TPSA) is 23.5 Å². The second kappa shape index (κ2) is 6.02. The molecule has 0 aromatic carbocycles. The van der Waals surface area contributed by atoms with Gasteiger partial charge < -0.3 is 10.0 Å². The second-order valence-electron chi connectivity index (χ2n) is 6.36. The van der Waals surface area contributed by atoms with Crippen molar-refractivity contribution in [2.24, 2.45) is 11.3 Å². The molecule has 0 amide bonds. The van der Waals surface area contributed by atoms with Crippen LogP contribution < -0.4 is 0 Å². The summed E-state index contributed by atoms with van der Waals surface area (Å²) in [6.07, 6.45) is 4.98. The Labute approximate surface area is 101 Å². The minimum atomic E-state index is -0.178. The molecule has 0 radical (unpaired) electrons. The Bertz CT molecular complexity index is 193. The molecular formula is C14H29NO. The molecule has 2 heteroatoms. The fourth-order valence-electron chi connectivity index (χ4n) is 2.16. The molecule has 16 heavy (non-hydrogen) atoms. The summed E-state index contributed by atoms with van der Waals surface area (Å²) >= 11 is 0. The van der Waals surface area contributed by atoms with Crippen molar-refractivity contribution in [2.75, 3.05) is 19.6 Å². The molecule has 1 aliphatic carbocycles. The van der Waals surface area contributed by atoms with E-state index in [-0.39, 0.29) is 11.5 Å². The van der Waals surface area contributed by atoms with Crippen molar-refractivity contribution in [3.63, 3.8) is 0 Å². The van der Waals surface area contributed by atoms with Crippen LogP contribution in [0.2, 0.25) is 0 Å². The Balaban J connectivity index is 2.22. The Morgan fingerprint density at radius 3 is 2.31 bits per heavy atom. The van der Waals surface area contributed by atoms with Crippen LogP contribution in [0.15, 0.2) is 0 Å². The van der Waals surface area contributed by atoms with Crippen LogP contribution in [0.5, 0.6) is 0 Å². The molecule has 1 atom stereocenters. The predicted molar refractivity (Wildman–Crippen MR) is 69.5 cm³/mol. The number of aliphatic hydroxyl groups is 1. The van der Waals surface area contributed by atoms with Crippen molar-refractivity contribution in [1.82, 2.24) is 4.90 Å². The first-order valence-corrected chi connectivity index (χ1v) is 6.84. The van der Waals surface area contributed by atoms with Crippen LogP contribution in [0.1, 0.15) is 53.4 Å². The third kappa shape index (κ3) is 4.42. The van der Waals surface area contributed by atoms with E-state index >= 15 is 0 Å². The maximum Gasteiger partial charge on any atom is 0.0600 e. The molecule has 1 N–H and O–H groups in total. The zero-order chi connectivity index (χ0) is 12.2. The van der Waals surface area contributed by atoms with Crippen LogP contribution in [0.3, 0.4) is 0 Å². The van der Waals surface area contributed by atoms with Gasteiger partial charge in [0.15, 0.2) is 0 Å². The first-order chi connectivity index (χ1) is 7.43. The monoisotopic (exact) mass is 227 g/mol. The zero-order valence-electron chi connectivity index (χ0n) is 11.5. The summed E-state index contributed by atoms with van der Waals surface area (Å²) < 4.78 is 0. The highest BCUT2D eigenvalue weighted by Gasteiger charge is 2.24. The van der Waals surface area contributed by atoms with E-state index in [1.54, 1.807) is 0 Å². The fraction of sp³-hybridized carbons (Fsp3) is 1.00. The van der Waals surface area contributed by atoms with Crippen LogP contribution >= 0.6 is 0 Å². The third-order valence-electron chi connectivity index (χ3n) is 3.91. The number of nitrogens with zero attached hydrogens (tertiary/aromatic N) is 1. The van der Waals surface area contributed by atoms with Crippen molar-refractivity contribution in [3.05, 3.63) is 0 Å². The van der Waals surface area contributed by atoms with Gasteiger partial charge in [-0.1, -0.05) is 34.1 Å². The average molecular weight is 227 g/mol. The molecular weight excluding hydrogens is 198 g/mol.